The van der Waals surface area contributed by atoms with Crippen LogP contribution < -0.4 is 5.32 Å². The highest BCUT2D eigenvalue weighted by molar-refractivity contribution is 9.10. The molecule has 1 unspecified atom stereocenters. The Morgan fingerprint density at radius 1 is 1.18 bits per heavy atom. The molecular weight excluding hydrogens is 562 g/mol. The number of imidazole rings is 1. The molecule has 1 aliphatic carbocycles. The van der Waals surface area contributed by atoms with Gasteiger partial charge in [0, 0.05) is 35.7 Å². The summed E-state index contributed by atoms with van der Waals surface area (Å²) < 4.78 is 2.79. The van der Waals surface area contributed by atoms with Crippen molar-refractivity contribution in [1.82, 2.24) is 14.9 Å². The Morgan fingerprint density at radius 3 is 2.61 bits per heavy atom. The highest BCUT2D eigenvalue weighted by atomic mass is 79.9. The van der Waals surface area contributed by atoms with Gasteiger partial charge in [0.2, 0.25) is 5.91 Å². The molecule has 38 heavy (non-hydrogen) atoms. The zero-order valence-corrected chi connectivity index (χ0v) is 24.8. The van der Waals surface area contributed by atoms with Crippen LogP contribution in [0.25, 0.3) is 11.0 Å². The van der Waals surface area contributed by atoms with Gasteiger partial charge in [-0.15, -0.1) is 0 Å². The number of hydrogen-bond acceptors (Lipinski definition) is 4. The van der Waals surface area contributed by atoms with E-state index in [1.807, 2.05) is 12.1 Å². The highest BCUT2D eigenvalue weighted by Crippen LogP contribution is 2.30. The number of aryl methyl sites for hydroxylation is 2. The monoisotopic (exact) mass is 599 g/mol. The lowest BCUT2D eigenvalue weighted by Gasteiger charge is -2.25. The number of carbonyl (C=O) groups is 2. The zero-order chi connectivity index (χ0) is 27.2. The molecule has 1 aliphatic rings. The van der Waals surface area contributed by atoms with Crippen LogP contribution in [-0.2, 0) is 24.3 Å². The van der Waals surface area contributed by atoms with Crippen LogP contribution in [-0.4, -0.2) is 32.3 Å². The molecule has 1 heterocycles. The zero-order valence-electron chi connectivity index (χ0n) is 22.3. The number of rotatable bonds is 11. The molecule has 0 aliphatic heterocycles. The Morgan fingerprint density at radius 2 is 1.95 bits per heavy atom. The van der Waals surface area contributed by atoms with Crippen molar-refractivity contribution >= 4 is 51.5 Å². The molecular formula is C30H38BrN3O3S. The van der Waals surface area contributed by atoms with Gasteiger partial charge in [0.25, 0.3) is 0 Å². The van der Waals surface area contributed by atoms with E-state index in [0.29, 0.717) is 29.2 Å². The lowest BCUT2D eigenvalue weighted by molar-refractivity contribution is -0.125. The first kappa shape index (κ1) is 28.7. The minimum absolute atomic E-state index is 0.0554. The van der Waals surface area contributed by atoms with Gasteiger partial charge in [0.05, 0.1) is 16.6 Å². The average Bonchev–Trinajstić information content (AvgIpc) is 3.24. The molecule has 8 heteroatoms. The van der Waals surface area contributed by atoms with Gasteiger partial charge >= 0.3 is 5.97 Å². The number of carboxylic acids is 1. The largest absolute Gasteiger partial charge is 0.478 e. The minimum Gasteiger partial charge on any atom is -0.478 e. The number of benzene rings is 2. The van der Waals surface area contributed by atoms with Gasteiger partial charge in [-0.2, -0.15) is 12.6 Å². The van der Waals surface area contributed by atoms with Crippen LogP contribution in [0.4, 0.5) is 0 Å². The molecule has 1 amide bonds. The van der Waals surface area contributed by atoms with E-state index in [4.69, 9.17) is 4.98 Å². The molecule has 4 rings (SSSR count). The summed E-state index contributed by atoms with van der Waals surface area (Å²) in [6, 6.07) is 9.61. The second kappa shape index (κ2) is 13.2. The fourth-order valence-electron chi connectivity index (χ4n) is 5.64. The summed E-state index contributed by atoms with van der Waals surface area (Å²) in [5.74, 6) is 1.30. The van der Waals surface area contributed by atoms with Crippen molar-refractivity contribution in [3.8, 4) is 0 Å². The molecule has 6 nitrogen and oxygen atoms in total. The van der Waals surface area contributed by atoms with Crippen LogP contribution in [0, 0.1) is 18.8 Å². The number of aromatic carboxylic acids is 1. The van der Waals surface area contributed by atoms with Crippen molar-refractivity contribution in [2.45, 2.75) is 78.3 Å². The van der Waals surface area contributed by atoms with Crippen LogP contribution in [0.2, 0.25) is 0 Å². The maximum atomic E-state index is 13.1. The van der Waals surface area contributed by atoms with E-state index in [0.717, 1.165) is 52.8 Å². The van der Waals surface area contributed by atoms with Crippen molar-refractivity contribution in [1.29, 1.82) is 0 Å². The Bertz CT molecular complexity index is 1300. The summed E-state index contributed by atoms with van der Waals surface area (Å²) >= 11 is 7.90. The van der Waals surface area contributed by atoms with E-state index in [1.54, 1.807) is 6.07 Å². The van der Waals surface area contributed by atoms with Gasteiger partial charge in [0.15, 0.2) is 0 Å². The predicted molar refractivity (Wildman–Crippen MR) is 159 cm³/mol. The van der Waals surface area contributed by atoms with Crippen LogP contribution in [0.15, 0.2) is 34.8 Å². The first-order valence-corrected chi connectivity index (χ1v) is 15.1. The number of hydrogen-bond donors (Lipinski definition) is 3. The molecule has 0 bridgehead atoms. The van der Waals surface area contributed by atoms with Crippen molar-refractivity contribution in [2.24, 2.45) is 11.8 Å². The molecule has 204 valence electrons. The number of carboxylic acid groups (broad SMARTS) is 1. The van der Waals surface area contributed by atoms with E-state index in [-0.39, 0.29) is 17.4 Å². The quantitative estimate of drug-likeness (QED) is 0.208. The third-order valence-corrected chi connectivity index (χ3v) is 8.76. The van der Waals surface area contributed by atoms with E-state index in [2.05, 4.69) is 64.4 Å². The molecule has 1 aromatic heterocycles. The van der Waals surface area contributed by atoms with Gasteiger partial charge in [-0.25, -0.2) is 9.78 Å². The summed E-state index contributed by atoms with van der Waals surface area (Å²) in [5.41, 5.74) is 5.37. The fraction of sp³-hybridized carbons (Fsp3) is 0.500. The summed E-state index contributed by atoms with van der Waals surface area (Å²) in [5, 5.41) is 12.5. The van der Waals surface area contributed by atoms with Crippen molar-refractivity contribution < 1.29 is 14.7 Å². The number of nitrogens with zero attached hydrogens (tertiary/aromatic N) is 2. The maximum absolute atomic E-state index is 13.1. The smallest absolute Gasteiger partial charge is 0.336 e. The summed E-state index contributed by atoms with van der Waals surface area (Å²) in [6.45, 7) is 5.26. The van der Waals surface area contributed by atoms with E-state index >= 15 is 0 Å². The summed E-state index contributed by atoms with van der Waals surface area (Å²) in [6.07, 6.45) is 9.07. The lowest BCUT2D eigenvalue weighted by Crippen LogP contribution is -2.33. The van der Waals surface area contributed by atoms with Gasteiger partial charge in [-0.3, -0.25) is 4.79 Å². The minimum atomic E-state index is -0.954. The maximum Gasteiger partial charge on any atom is 0.336 e. The molecule has 3 aromatic rings. The summed E-state index contributed by atoms with van der Waals surface area (Å²) in [7, 11) is 0. The Labute approximate surface area is 239 Å². The van der Waals surface area contributed by atoms with Gasteiger partial charge in [-0.05, 0) is 76.5 Å². The Kier molecular flexibility index (Phi) is 9.93. The summed E-state index contributed by atoms with van der Waals surface area (Å²) in [4.78, 5) is 29.4. The van der Waals surface area contributed by atoms with E-state index < -0.39 is 5.97 Å². The average molecular weight is 601 g/mol. The predicted octanol–water partition coefficient (Wildman–Crippen LogP) is 6.94. The van der Waals surface area contributed by atoms with E-state index in [1.165, 1.54) is 32.1 Å². The molecule has 2 N–H and O–H groups in total. The van der Waals surface area contributed by atoms with E-state index in [9.17, 15) is 14.7 Å². The van der Waals surface area contributed by atoms with Gasteiger partial charge < -0.3 is 15.0 Å². The second-order valence-electron chi connectivity index (χ2n) is 10.6. The molecule has 1 fully saturated rings. The van der Waals surface area contributed by atoms with Crippen LogP contribution in [0.5, 0.6) is 0 Å². The molecule has 1 atom stereocenters. The van der Waals surface area contributed by atoms with Crippen LogP contribution in [0.1, 0.15) is 84.7 Å². The third-order valence-electron chi connectivity index (χ3n) is 7.66. The number of carbonyl (C=O) groups excluding carboxylic acids is 1. The first-order valence-electron chi connectivity index (χ1n) is 13.7. The van der Waals surface area contributed by atoms with Crippen molar-refractivity contribution in [3.05, 3.63) is 62.9 Å². The number of nitrogens with one attached hydrogen (secondary N) is 1. The van der Waals surface area contributed by atoms with Crippen molar-refractivity contribution in [3.63, 3.8) is 0 Å². The standard InChI is InChI=1S/C30H38BrN3O3S/c1-3-7-27-33-28-19(2)12-22(16-32-29(35)23(18-38)13-20-8-5-4-6-9-20)15-26(28)34(27)17-21-10-11-24(30(36)37)25(31)14-21/h10-12,14-15,20,23,38H,3-9,13,16-18H2,1-2H3,(H,32,35)(H,36,37). The topological polar surface area (TPSA) is 84.2 Å². The first-order chi connectivity index (χ1) is 18.3. The number of halogens is 1. The Hall–Kier alpha value is -2.32. The number of amides is 1. The molecule has 1 saturated carbocycles. The van der Waals surface area contributed by atoms with Gasteiger partial charge in [0.1, 0.15) is 5.82 Å². The van der Waals surface area contributed by atoms with Crippen molar-refractivity contribution in [2.75, 3.05) is 5.75 Å². The molecule has 0 radical (unpaired) electrons. The normalized spacial score (nSPS) is 15.1. The molecule has 2 aromatic carbocycles. The number of fused-ring (bicyclic) bond motifs is 1. The fourth-order valence-corrected chi connectivity index (χ4v) is 6.55. The molecule has 0 spiro atoms. The Balaban J connectivity index is 1.56. The SMILES string of the molecule is CCCc1nc2c(C)cc(CNC(=O)C(CS)CC3CCCCC3)cc2n1Cc1ccc(C(=O)O)c(Br)c1. The number of aromatic nitrogens is 2. The third kappa shape index (κ3) is 6.81. The lowest BCUT2D eigenvalue weighted by atomic mass is 9.83. The van der Waals surface area contributed by atoms with Gasteiger partial charge in [-0.1, -0.05) is 51.2 Å². The second-order valence-corrected chi connectivity index (χ2v) is 11.8. The highest BCUT2D eigenvalue weighted by Gasteiger charge is 2.23. The molecule has 0 saturated heterocycles. The van der Waals surface area contributed by atoms with Crippen LogP contribution in [0.3, 0.4) is 0 Å². The number of thiol groups is 1. The van der Waals surface area contributed by atoms with Crippen LogP contribution >= 0.6 is 28.6 Å².